The van der Waals surface area contributed by atoms with Gasteiger partial charge in [0.25, 0.3) is 23.5 Å². The molecule has 12 rings (SSSR count). The average molecular weight is 1370 g/mol. The summed E-state index contributed by atoms with van der Waals surface area (Å²) in [7, 11) is 3.76. The minimum absolute atomic E-state index is 0.0843. The fourth-order valence-corrected chi connectivity index (χ4v) is 16.3. The highest BCUT2D eigenvalue weighted by atomic mass is 32.2. The van der Waals surface area contributed by atoms with Crippen LogP contribution in [0.2, 0.25) is 0 Å². The van der Waals surface area contributed by atoms with E-state index >= 15 is 0 Å². The molecular weight excluding hydrogens is 1280 g/mol. The quantitative estimate of drug-likeness (QED) is 0.102. The predicted molar refractivity (Wildman–Crippen MR) is 356 cm³/mol. The number of ether oxygens (including phenoxy) is 1. The maximum Gasteiger partial charge on any atom is 0.456 e. The normalized spacial score (nSPS) is 18.8. The van der Waals surface area contributed by atoms with Crippen LogP contribution in [0.15, 0.2) is 108 Å². The molecule has 0 bridgehead atoms. The number of aromatic nitrogens is 3. The molecule has 25 heteroatoms. The SMILES string of the molecule is CC(=O)c1ccc2n1CCN(C)C21CCN(C(=O)c2ccc(CC(C)C)cc2)CC1.CN1CCn2c(C(=O)C(F)(F)F)ccc2C12CCN(C(=O)c1ccc(OC(C)(C)C)cc1)CC2.CNS(=O)(=O)c1ccc(C(=O)N2CCC3(CC2)c2ccc(C(F)(F)F)n2CCN3C)cc1C. The van der Waals surface area contributed by atoms with Crippen molar-refractivity contribution in [3.05, 3.63) is 165 Å². The minimum atomic E-state index is -4.91. The molecular formula is C72H90F6N10O8S. The van der Waals surface area contributed by atoms with Crippen LogP contribution in [0.1, 0.15) is 166 Å². The molecule has 3 spiro atoms. The van der Waals surface area contributed by atoms with Gasteiger partial charge in [-0.1, -0.05) is 26.0 Å². The lowest BCUT2D eigenvalue weighted by Gasteiger charge is -2.50. The molecule has 18 nitrogen and oxygen atoms in total. The van der Waals surface area contributed by atoms with E-state index in [0.29, 0.717) is 111 Å². The van der Waals surface area contributed by atoms with E-state index in [9.17, 15) is 58.7 Å². The first kappa shape index (κ1) is 72.2. The van der Waals surface area contributed by atoms with E-state index in [-0.39, 0.29) is 51.8 Å². The Bertz CT molecular complexity index is 4010. The van der Waals surface area contributed by atoms with Gasteiger partial charge in [-0.3, -0.25) is 38.7 Å². The number of likely N-dealkylation sites (tertiary alicyclic amines) is 3. The number of nitrogens with one attached hydrogen (secondary N) is 1. The third kappa shape index (κ3) is 14.5. The van der Waals surface area contributed by atoms with Gasteiger partial charge in [0.15, 0.2) is 5.78 Å². The van der Waals surface area contributed by atoms with Gasteiger partial charge in [-0.2, -0.15) is 26.3 Å². The van der Waals surface area contributed by atoms with Crippen molar-refractivity contribution in [2.45, 2.75) is 153 Å². The zero-order valence-electron chi connectivity index (χ0n) is 57.3. The summed E-state index contributed by atoms with van der Waals surface area (Å²) in [5.74, 6) is -0.570. The molecule has 3 fully saturated rings. The first-order valence-electron chi connectivity index (χ1n) is 33.3. The molecule has 0 aliphatic carbocycles. The van der Waals surface area contributed by atoms with Crippen molar-refractivity contribution in [3.63, 3.8) is 0 Å². The number of benzene rings is 3. The lowest BCUT2D eigenvalue weighted by molar-refractivity contribution is -0.144. The Morgan fingerprint density at radius 2 is 0.918 bits per heavy atom. The topological polar surface area (TPSA) is 175 Å². The number of rotatable bonds is 10. The van der Waals surface area contributed by atoms with Crippen molar-refractivity contribution in [1.82, 2.24) is 47.8 Å². The number of nitrogens with zero attached hydrogens (tertiary/aromatic N) is 9. The van der Waals surface area contributed by atoms with Gasteiger partial charge in [0, 0.05) is 119 Å². The van der Waals surface area contributed by atoms with E-state index in [1.54, 1.807) is 66.1 Å². The zero-order valence-corrected chi connectivity index (χ0v) is 58.1. The van der Waals surface area contributed by atoms with E-state index in [0.717, 1.165) is 62.8 Å². The lowest BCUT2D eigenvalue weighted by Crippen LogP contribution is -2.56. The highest BCUT2D eigenvalue weighted by Gasteiger charge is 2.51. The molecule has 3 amide bonds. The molecule has 0 radical (unpaired) electrons. The standard InChI is InChI=1S/C25H30F3N3O3.C25H33N3O2.C22H27F3N4O3S/c1-23(2,3)34-18-7-5-17(6-8-18)22(33)30-13-11-24(12-14-30)20-10-9-19(21(32)25(26,27)28)31(20)16-15-29(24)4;1-18(2)17-20-5-7-21(8-6-20)24(30)27-13-11-25(12-14-27)23-10-9-22(19(3)29)28(23)16-15-26(25)4;1-15-14-16(4-5-17(15)33(31,32)26-2)20(30)28-10-8-21(9-11-28)18-6-7-19(22(23,24)25)29(18)13-12-27(21)3/h5-10H,11-16H2,1-4H3;5-10,18H,11-17H2,1-4H3;4-7,14,26H,8-13H2,1-3H3. The van der Waals surface area contributed by atoms with Crippen LogP contribution in [-0.2, 0) is 58.9 Å². The van der Waals surface area contributed by atoms with Crippen LogP contribution in [0.3, 0.4) is 0 Å². The van der Waals surface area contributed by atoms with E-state index in [1.807, 2.05) is 58.0 Å². The Morgan fingerprint density at radius 3 is 1.32 bits per heavy atom. The summed E-state index contributed by atoms with van der Waals surface area (Å²) < 4.78 is 117. The molecule has 524 valence electrons. The number of likely N-dealkylation sites (N-methyl/N-ethyl adjacent to an activating group) is 3. The highest BCUT2D eigenvalue weighted by molar-refractivity contribution is 7.89. The smallest absolute Gasteiger partial charge is 0.456 e. The van der Waals surface area contributed by atoms with E-state index in [2.05, 4.69) is 63.1 Å². The van der Waals surface area contributed by atoms with Crippen LogP contribution in [0.4, 0.5) is 26.3 Å². The number of Topliss-reactive ketones (excluding diaryl/α,β-unsaturated/α-hetero) is 2. The van der Waals surface area contributed by atoms with E-state index < -0.39 is 44.9 Å². The first-order chi connectivity index (χ1) is 45.5. The van der Waals surface area contributed by atoms with Crippen LogP contribution >= 0.6 is 0 Å². The third-order valence-corrected chi connectivity index (χ3v) is 22.2. The summed E-state index contributed by atoms with van der Waals surface area (Å²) in [4.78, 5) is 75.5. The Kier molecular flexibility index (Phi) is 20.5. The van der Waals surface area contributed by atoms with Crippen LogP contribution in [0.25, 0.3) is 0 Å². The number of carbonyl (C=O) groups is 5. The van der Waals surface area contributed by atoms with Gasteiger partial charge < -0.3 is 33.1 Å². The van der Waals surface area contributed by atoms with Gasteiger partial charge in [0.05, 0.1) is 32.9 Å². The second-order valence-electron chi connectivity index (χ2n) is 28.1. The molecule has 3 aromatic carbocycles. The number of halogens is 6. The Labute approximate surface area is 564 Å². The molecule has 6 aromatic rings. The number of hydrogen-bond donors (Lipinski definition) is 1. The molecule has 9 heterocycles. The van der Waals surface area contributed by atoms with Crippen molar-refractivity contribution in [2.24, 2.45) is 5.92 Å². The number of ketones is 2. The average Bonchev–Trinajstić information content (AvgIpc) is 1.68. The summed E-state index contributed by atoms with van der Waals surface area (Å²) >= 11 is 0. The number of alkyl halides is 6. The summed E-state index contributed by atoms with van der Waals surface area (Å²) in [5.41, 5.74) is 4.43. The van der Waals surface area contributed by atoms with Crippen molar-refractivity contribution < 1.29 is 63.5 Å². The highest BCUT2D eigenvalue weighted by Crippen LogP contribution is 2.46. The summed E-state index contributed by atoms with van der Waals surface area (Å²) in [6, 6.07) is 29.4. The molecule has 1 N–H and O–H groups in total. The first-order valence-corrected chi connectivity index (χ1v) is 34.8. The molecule has 0 atom stereocenters. The number of fused-ring (bicyclic) bond motifs is 6. The third-order valence-electron chi connectivity index (χ3n) is 20.7. The van der Waals surface area contributed by atoms with Gasteiger partial charge in [-0.25, -0.2) is 13.1 Å². The lowest BCUT2D eigenvalue weighted by atomic mass is 9.81. The summed E-state index contributed by atoms with van der Waals surface area (Å²) in [5, 5.41) is 0. The number of sulfonamides is 1. The largest absolute Gasteiger partial charge is 0.488 e. The Morgan fingerprint density at radius 1 is 0.526 bits per heavy atom. The number of aryl methyl sites for hydroxylation is 1. The molecule has 6 aliphatic heterocycles. The Balaban J connectivity index is 0.000000158. The van der Waals surface area contributed by atoms with E-state index in [1.165, 1.54) is 45.6 Å². The number of piperidine rings is 3. The van der Waals surface area contributed by atoms with Crippen molar-refractivity contribution >= 4 is 39.3 Å². The zero-order chi connectivity index (χ0) is 70.5. The second kappa shape index (κ2) is 27.6. The fraction of sp³-hybridized carbons (Fsp3) is 0.514. The predicted octanol–water partition coefficient (Wildman–Crippen LogP) is 11.3. The van der Waals surface area contributed by atoms with Crippen LogP contribution in [-0.4, -0.2) is 180 Å². The van der Waals surface area contributed by atoms with Crippen molar-refractivity contribution in [2.75, 3.05) is 87.1 Å². The number of hydrogen-bond acceptors (Lipinski definition) is 11. The molecule has 6 aliphatic rings. The molecule has 3 saturated heterocycles. The van der Waals surface area contributed by atoms with Crippen LogP contribution in [0, 0.1) is 12.8 Å². The molecule has 3 aromatic heterocycles. The van der Waals surface area contributed by atoms with Crippen molar-refractivity contribution in [1.29, 1.82) is 0 Å². The second-order valence-corrected chi connectivity index (χ2v) is 30.0. The minimum Gasteiger partial charge on any atom is -0.488 e. The van der Waals surface area contributed by atoms with Gasteiger partial charge >= 0.3 is 12.4 Å². The maximum absolute atomic E-state index is 13.4. The van der Waals surface area contributed by atoms with Crippen LogP contribution < -0.4 is 9.46 Å². The summed E-state index contributed by atoms with van der Waals surface area (Å²) in [6.45, 7) is 20.2. The van der Waals surface area contributed by atoms with Crippen molar-refractivity contribution in [3.8, 4) is 5.75 Å². The Hall–Kier alpha value is -7.58. The monoisotopic (exact) mass is 1370 g/mol. The number of amides is 3. The van der Waals surface area contributed by atoms with E-state index in [4.69, 9.17) is 4.74 Å². The molecule has 0 saturated carbocycles. The maximum atomic E-state index is 13.4. The van der Waals surface area contributed by atoms with Crippen LogP contribution in [0.5, 0.6) is 5.75 Å². The number of carbonyl (C=O) groups excluding carboxylic acids is 5. The van der Waals surface area contributed by atoms with Gasteiger partial charge in [-0.05, 0) is 209 Å². The molecule has 0 unspecified atom stereocenters. The molecule has 97 heavy (non-hydrogen) atoms. The fourth-order valence-electron chi connectivity index (χ4n) is 15.4. The van der Waals surface area contributed by atoms with Gasteiger partial charge in [0.1, 0.15) is 17.0 Å². The van der Waals surface area contributed by atoms with Gasteiger partial charge in [0.2, 0.25) is 10.0 Å². The summed E-state index contributed by atoms with van der Waals surface area (Å²) in [6.07, 6.45) is -4.32. The van der Waals surface area contributed by atoms with Gasteiger partial charge in [-0.15, -0.1) is 0 Å².